The highest BCUT2D eigenvalue weighted by atomic mass is 16.5. The number of carbonyl (C=O) groups is 1. The van der Waals surface area contributed by atoms with E-state index in [0.29, 0.717) is 6.61 Å². The number of piperazine rings is 1. The number of carbonyl (C=O) groups excluding carboxylic acids is 1. The third-order valence-corrected chi connectivity index (χ3v) is 5.86. The van der Waals surface area contributed by atoms with E-state index in [9.17, 15) is 4.79 Å². The van der Waals surface area contributed by atoms with E-state index in [-0.39, 0.29) is 5.91 Å². The first-order valence-corrected chi connectivity index (χ1v) is 10.8. The van der Waals surface area contributed by atoms with Crippen LogP contribution >= 0.6 is 0 Å². The van der Waals surface area contributed by atoms with Gasteiger partial charge in [-0.1, -0.05) is 30.3 Å². The molecular formula is C24H31N3O2. The Kier molecular flexibility index (Phi) is 6.80. The minimum atomic E-state index is 0.161. The molecule has 5 heteroatoms. The van der Waals surface area contributed by atoms with E-state index in [0.717, 1.165) is 50.6 Å². The van der Waals surface area contributed by atoms with E-state index in [2.05, 4.69) is 21.9 Å². The van der Waals surface area contributed by atoms with Gasteiger partial charge < -0.3 is 9.64 Å². The van der Waals surface area contributed by atoms with Gasteiger partial charge in [0.2, 0.25) is 0 Å². The summed E-state index contributed by atoms with van der Waals surface area (Å²) < 4.78 is 5.79. The average molecular weight is 394 g/mol. The van der Waals surface area contributed by atoms with E-state index in [1.165, 1.54) is 31.5 Å². The molecule has 0 N–H and O–H groups in total. The molecule has 154 valence electrons. The number of amides is 1. The minimum Gasteiger partial charge on any atom is -0.492 e. The molecule has 0 aliphatic carbocycles. The second-order valence-electron chi connectivity index (χ2n) is 7.98. The van der Waals surface area contributed by atoms with Gasteiger partial charge >= 0.3 is 0 Å². The summed E-state index contributed by atoms with van der Waals surface area (Å²) in [6.45, 7) is 8.23. The number of hydrogen-bond donors (Lipinski definition) is 0. The smallest absolute Gasteiger partial charge is 0.253 e. The zero-order chi connectivity index (χ0) is 19.9. The summed E-state index contributed by atoms with van der Waals surface area (Å²) in [7, 11) is 0. The Bertz CT molecular complexity index is 782. The predicted octanol–water partition coefficient (Wildman–Crippen LogP) is 3.12. The Morgan fingerprint density at radius 1 is 0.828 bits per heavy atom. The molecule has 0 aromatic heterocycles. The van der Waals surface area contributed by atoms with Crippen molar-refractivity contribution in [2.75, 3.05) is 52.4 Å². The Balaban J connectivity index is 1.23. The van der Waals surface area contributed by atoms with Crippen LogP contribution in [0, 0.1) is 0 Å². The van der Waals surface area contributed by atoms with Crippen LogP contribution in [0.1, 0.15) is 28.8 Å². The van der Waals surface area contributed by atoms with Gasteiger partial charge in [0, 0.05) is 44.8 Å². The quantitative estimate of drug-likeness (QED) is 0.724. The molecule has 0 saturated carbocycles. The molecular weight excluding hydrogens is 362 g/mol. The van der Waals surface area contributed by atoms with Crippen LogP contribution in [-0.4, -0.2) is 73.0 Å². The Hall–Kier alpha value is -2.37. The lowest BCUT2D eigenvalue weighted by molar-refractivity contribution is 0.0620. The normalized spacial score (nSPS) is 18.1. The average Bonchev–Trinajstić information content (AvgIpc) is 3.28. The van der Waals surface area contributed by atoms with Crippen LogP contribution in [0.2, 0.25) is 0 Å². The van der Waals surface area contributed by atoms with Gasteiger partial charge in [0.15, 0.2) is 0 Å². The molecule has 2 aromatic carbocycles. The Labute approximate surface area is 173 Å². The molecule has 5 nitrogen and oxygen atoms in total. The van der Waals surface area contributed by atoms with Gasteiger partial charge in [-0.15, -0.1) is 0 Å². The van der Waals surface area contributed by atoms with Crippen molar-refractivity contribution in [2.24, 2.45) is 0 Å². The number of benzene rings is 2. The SMILES string of the molecule is O=C(c1cccc(CN2CCCC2)c1)N1CCN(CCOc2ccccc2)CC1. The lowest BCUT2D eigenvalue weighted by Crippen LogP contribution is -2.49. The molecule has 29 heavy (non-hydrogen) atoms. The van der Waals surface area contributed by atoms with Gasteiger partial charge in [-0.05, 0) is 55.8 Å². The van der Waals surface area contributed by atoms with Crippen LogP contribution in [0.25, 0.3) is 0 Å². The maximum Gasteiger partial charge on any atom is 0.253 e. The Morgan fingerprint density at radius 2 is 1.59 bits per heavy atom. The van der Waals surface area contributed by atoms with Crippen molar-refractivity contribution in [2.45, 2.75) is 19.4 Å². The van der Waals surface area contributed by atoms with Gasteiger partial charge in [0.1, 0.15) is 12.4 Å². The maximum absolute atomic E-state index is 13.0. The summed E-state index contributed by atoms with van der Waals surface area (Å²) in [6, 6.07) is 18.1. The van der Waals surface area contributed by atoms with Crippen LogP contribution in [0.3, 0.4) is 0 Å². The first-order valence-electron chi connectivity index (χ1n) is 10.8. The minimum absolute atomic E-state index is 0.161. The lowest BCUT2D eigenvalue weighted by atomic mass is 10.1. The van der Waals surface area contributed by atoms with Crippen molar-refractivity contribution >= 4 is 5.91 Å². The highest BCUT2D eigenvalue weighted by molar-refractivity contribution is 5.94. The summed E-state index contributed by atoms with van der Waals surface area (Å²) in [4.78, 5) is 19.8. The fraction of sp³-hybridized carbons (Fsp3) is 0.458. The van der Waals surface area contributed by atoms with Gasteiger partial charge in [-0.3, -0.25) is 14.6 Å². The molecule has 0 spiro atoms. The summed E-state index contributed by atoms with van der Waals surface area (Å²) in [5.41, 5.74) is 2.07. The van der Waals surface area contributed by atoms with Crippen molar-refractivity contribution in [1.82, 2.24) is 14.7 Å². The number of likely N-dealkylation sites (tertiary alicyclic amines) is 1. The molecule has 1 amide bonds. The van der Waals surface area contributed by atoms with E-state index < -0.39 is 0 Å². The van der Waals surface area contributed by atoms with Crippen molar-refractivity contribution in [3.8, 4) is 5.75 Å². The van der Waals surface area contributed by atoms with Crippen LogP contribution in [-0.2, 0) is 6.54 Å². The Morgan fingerprint density at radius 3 is 2.34 bits per heavy atom. The molecule has 2 aromatic rings. The van der Waals surface area contributed by atoms with E-state index in [1.54, 1.807) is 0 Å². The van der Waals surface area contributed by atoms with Gasteiger partial charge in [0.25, 0.3) is 5.91 Å². The topological polar surface area (TPSA) is 36.0 Å². The maximum atomic E-state index is 13.0. The van der Waals surface area contributed by atoms with Crippen LogP contribution < -0.4 is 4.74 Å². The first-order chi connectivity index (χ1) is 14.3. The van der Waals surface area contributed by atoms with E-state index in [4.69, 9.17) is 4.74 Å². The largest absolute Gasteiger partial charge is 0.492 e. The molecule has 2 aliphatic heterocycles. The summed E-state index contributed by atoms with van der Waals surface area (Å²) in [6.07, 6.45) is 2.58. The number of rotatable bonds is 7. The zero-order valence-corrected chi connectivity index (χ0v) is 17.1. The first kappa shape index (κ1) is 19.9. The molecule has 0 atom stereocenters. The number of hydrogen-bond acceptors (Lipinski definition) is 4. The molecule has 0 bridgehead atoms. The standard InChI is InChI=1S/C24H31N3O2/c28-24(22-8-6-7-21(19-22)20-26-11-4-5-12-26)27-15-13-25(14-16-27)17-18-29-23-9-2-1-3-10-23/h1-3,6-10,19H,4-5,11-18,20H2. The van der Waals surface area contributed by atoms with Gasteiger partial charge in [0.05, 0.1) is 0 Å². The lowest BCUT2D eigenvalue weighted by Gasteiger charge is -2.34. The van der Waals surface area contributed by atoms with Crippen LogP contribution in [0.15, 0.2) is 54.6 Å². The third-order valence-electron chi connectivity index (χ3n) is 5.86. The molecule has 4 rings (SSSR count). The van der Waals surface area contributed by atoms with Gasteiger partial charge in [-0.2, -0.15) is 0 Å². The van der Waals surface area contributed by atoms with Crippen molar-refractivity contribution in [1.29, 1.82) is 0 Å². The zero-order valence-electron chi connectivity index (χ0n) is 17.1. The fourth-order valence-electron chi connectivity index (χ4n) is 4.17. The van der Waals surface area contributed by atoms with Gasteiger partial charge in [-0.25, -0.2) is 0 Å². The molecule has 2 saturated heterocycles. The van der Waals surface area contributed by atoms with Crippen molar-refractivity contribution in [3.63, 3.8) is 0 Å². The summed E-state index contributed by atoms with van der Waals surface area (Å²) in [5.74, 6) is 1.07. The molecule has 0 radical (unpaired) electrons. The molecule has 2 heterocycles. The number of nitrogens with zero attached hydrogens (tertiary/aromatic N) is 3. The summed E-state index contributed by atoms with van der Waals surface area (Å²) in [5, 5.41) is 0. The number of para-hydroxylation sites is 1. The molecule has 0 unspecified atom stereocenters. The number of ether oxygens (including phenoxy) is 1. The van der Waals surface area contributed by atoms with E-state index in [1.807, 2.05) is 47.4 Å². The van der Waals surface area contributed by atoms with Crippen LogP contribution in [0.5, 0.6) is 5.75 Å². The van der Waals surface area contributed by atoms with Crippen molar-refractivity contribution in [3.05, 3.63) is 65.7 Å². The predicted molar refractivity (Wildman–Crippen MR) is 115 cm³/mol. The highest BCUT2D eigenvalue weighted by Gasteiger charge is 2.22. The second-order valence-corrected chi connectivity index (χ2v) is 7.98. The summed E-state index contributed by atoms with van der Waals surface area (Å²) >= 11 is 0. The highest BCUT2D eigenvalue weighted by Crippen LogP contribution is 2.16. The van der Waals surface area contributed by atoms with E-state index >= 15 is 0 Å². The second kappa shape index (κ2) is 9.90. The fourth-order valence-corrected chi connectivity index (χ4v) is 4.17. The molecule has 2 fully saturated rings. The monoisotopic (exact) mass is 393 g/mol. The van der Waals surface area contributed by atoms with Crippen molar-refractivity contribution < 1.29 is 9.53 Å². The third kappa shape index (κ3) is 5.58. The molecule has 2 aliphatic rings. The van der Waals surface area contributed by atoms with Crippen LogP contribution in [0.4, 0.5) is 0 Å².